The molecule has 2 N–H and O–H groups in total. The lowest BCUT2D eigenvalue weighted by molar-refractivity contribution is -0.124. The Morgan fingerprint density at radius 2 is 1.88 bits per heavy atom. The smallest absolute Gasteiger partial charge is 0.258 e. The van der Waals surface area contributed by atoms with Crippen LogP contribution in [0.2, 0.25) is 0 Å². The van der Waals surface area contributed by atoms with Crippen molar-refractivity contribution < 1.29 is 19.1 Å². The van der Waals surface area contributed by atoms with E-state index in [9.17, 15) is 9.59 Å². The lowest BCUT2D eigenvalue weighted by Crippen LogP contribution is -2.45. The van der Waals surface area contributed by atoms with Crippen molar-refractivity contribution in [3.05, 3.63) is 24.3 Å². The highest BCUT2D eigenvalue weighted by Gasteiger charge is 2.34. The monoisotopic (exact) mass is 363 g/mol. The average molecular weight is 363 g/mol. The van der Waals surface area contributed by atoms with Gasteiger partial charge in [-0.05, 0) is 38.1 Å². The Labute approximate surface area is 155 Å². The number of hydrogen-bond donors (Lipinski definition) is 2. The average Bonchev–Trinajstić information content (AvgIpc) is 3.04. The third-order valence-corrected chi connectivity index (χ3v) is 4.50. The number of ether oxygens (including phenoxy) is 2. The van der Waals surface area contributed by atoms with Crippen LogP contribution in [0.5, 0.6) is 5.75 Å². The molecule has 0 unspecified atom stereocenters. The van der Waals surface area contributed by atoms with Gasteiger partial charge in [-0.15, -0.1) is 0 Å². The third-order valence-electron chi connectivity index (χ3n) is 4.50. The lowest BCUT2D eigenvalue weighted by Gasteiger charge is -2.20. The molecule has 1 aliphatic rings. The summed E-state index contributed by atoms with van der Waals surface area (Å²) in [6.07, 6.45) is 0.416. The van der Waals surface area contributed by atoms with E-state index >= 15 is 0 Å². The van der Waals surface area contributed by atoms with Gasteiger partial charge < -0.3 is 20.1 Å². The molecule has 1 fully saturated rings. The number of likely N-dealkylation sites (tertiary alicyclic amines) is 1. The fourth-order valence-electron chi connectivity index (χ4n) is 2.88. The van der Waals surface area contributed by atoms with Crippen molar-refractivity contribution >= 4 is 17.5 Å². The molecule has 1 saturated heterocycles. The molecule has 1 heterocycles. The van der Waals surface area contributed by atoms with E-state index in [2.05, 4.69) is 29.4 Å². The van der Waals surface area contributed by atoms with Crippen LogP contribution in [-0.2, 0) is 14.3 Å². The summed E-state index contributed by atoms with van der Waals surface area (Å²) < 4.78 is 11.0. The molecule has 0 aliphatic carbocycles. The van der Waals surface area contributed by atoms with E-state index in [1.807, 2.05) is 0 Å². The van der Waals surface area contributed by atoms with Gasteiger partial charge in [-0.1, -0.05) is 6.92 Å². The Morgan fingerprint density at radius 1 is 1.19 bits per heavy atom. The second-order valence-corrected chi connectivity index (χ2v) is 6.71. The maximum absolute atomic E-state index is 12.2. The van der Waals surface area contributed by atoms with Crippen LogP contribution < -0.4 is 15.4 Å². The Kier molecular flexibility index (Phi) is 7.41. The minimum Gasteiger partial charge on any atom is -0.484 e. The largest absolute Gasteiger partial charge is 0.484 e. The first-order valence-electron chi connectivity index (χ1n) is 9.01. The van der Waals surface area contributed by atoms with E-state index in [0.29, 0.717) is 23.9 Å². The summed E-state index contributed by atoms with van der Waals surface area (Å²) in [5.41, 5.74) is 0.705. The van der Waals surface area contributed by atoms with Crippen LogP contribution >= 0.6 is 0 Å². The summed E-state index contributed by atoms with van der Waals surface area (Å²) in [4.78, 5) is 25.8. The number of nitrogens with one attached hydrogen (secondary N) is 2. The van der Waals surface area contributed by atoms with Crippen molar-refractivity contribution in [2.45, 2.75) is 45.4 Å². The van der Waals surface area contributed by atoms with Crippen LogP contribution in [-0.4, -0.2) is 61.7 Å². The molecule has 144 valence electrons. The molecule has 1 aromatic carbocycles. The first-order valence-corrected chi connectivity index (χ1v) is 9.01. The zero-order chi connectivity index (χ0) is 19.1. The maximum atomic E-state index is 12.2. The summed E-state index contributed by atoms with van der Waals surface area (Å²) in [5, 5.41) is 5.76. The van der Waals surface area contributed by atoms with E-state index in [0.717, 1.165) is 13.1 Å². The molecule has 7 heteroatoms. The molecule has 2 rings (SSSR count). The van der Waals surface area contributed by atoms with Crippen LogP contribution in [0.1, 0.15) is 27.2 Å². The molecular formula is C19H29N3O4. The highest BCUT2D eigenvalue weighted by Crippen LogP contribution is 2.17. The van der Waals surface area contributed by atoms with Gasteiger partial charge in [0.15, 0.2) is 6.61 Å². The molecule has 1 aliphatic heterocycles. The van der Waals surface area contributed by atoms with E-state index in [4.69, 9.17) is 9.47 Å². The number of methoxy groups -OCH3 is 1. The van der Waals surface area contributed by atoms with Crippen LogP contribution in [0.3, 0.4) is 0 Å². The first-order chi connectivity index (χ1) is 12.4. The molecule has 0 bridgehead atoms. The Balaban J connectivity index is 1.80. The van der Waals surface area contributed by atoms with Crippen molar-refractivity contribution in [1.29, 1.82) is 0 Å². The van der Waals surface area contributed by atoms with E-state index in [1.54, 1.807) is 38.3 Å². The number of benzene rings is 1. The number of anilines is 1. The molecule has 26 heavy (non-hydrogen) atoms. The predicted octanol–water partition coefficient (Wildman–Crippen LogP) is 1.64. The summed E-state index contributed by atoms with van der Waals surface area (Å²) in [6.45, 7) is 7.58. The van der Waals surface area contributed by atoms with Gasteiger partial charge >= 0.3 is 0 Å². The molecule has 7 nitrogen and oxygen atoms in total. The van der Waals surface area contributed by atoms with Gasteiger partial charge in [0.1, 0.15) is 5.75 Å². The highest BCUT2D eigenvalue weighted by atomic mass is 16.5. The third kappa shape index (κ3) is 5.71. The van der Waals surface area contributed by atoms with Gasteiger partial charge in [-0.2, -0.15) is 0 Å². The van der Waals surface area contributed by atoms with Gasteiger partial charge in [0, 0.05) is 38.3 Å². The van der Waals surface area contributed by atoms with Crippen molar-refractivity contribution in [2.75, 3.05) is 32.1 Å². The summed E-state index contributed by atoms with van der Waals surface area (Å²) in [7, 11) is 1.67. The zero-order valence-corrected chi connectivity index (χ0v) is 16.0. The lowest BCUT2D eigenvalue weighted by atomic mass is 10.2. The van der Waals surface area contributed by atoms with E-state index in [-0.39, 0.29) is 30.6 Å². The second-order valence-electron chi connectivity index (χ2n) is 6.71. The summed E-state index contributed by atoms with van der Waals surface area (Å²) in [5.74, 6) is 0.358. The number of rotatable bonds is 8. The Hall–Kier alpha value is -2.12. The number of hydrogen-bond acceptors (Lipinski definition) is 5. The molecule has 2 amide bonds. The quantitative estimate of drug-likeness (QED) is 0.734. The minimum absolute atomic E-state index is 0.0113. The Bertz CT molecular complexity index is 603. The molecular weight excluding hydrogens is 334 g/mol. The molecule has 2 atom stereocenters. The molecule has 0 spiro atoms. The zero-order valence-electron chi connectivity index (χ0n) is 16.0. The SMILES string of the molecule is CCC(=O)Nc1ccc(OCC(=O)N[C@@H]2CN(C(C)C)C[C@H]2OC)cc1. The van der Waals surface area contributed by atoms with Crippen LogP contribution in [0, 0.1) is 0 Å². The number of nitrogens with zero attached hydrogens (tertiary/aromatic N) is 1. The number of carbonyl (C=O) groups is 2. The summed E-state index contributed by atoms with van der Waals surface area (Å²) >= 11 is 0. The minimum atomic E-state index is -0.175. The fourth-order valence-corrected chi connectivity index (χ4v) is 2.88. The van der Waals surface area contributed by atoms with Gasteiger partial charge in [-0.3, -0.25) is 14.5 Å². The maximum Gasteiger partial charge on any atom is 0.258 e. The van der Waals surface area contributed by atoms with Crippen molar-refractivity contribution in [3.8, 4) is 5.75 Å². The summed E-state index contributed by atoms with van der Waals surface area (Å²) in [6, 6.07) is 7.33. The standard InChI is InChI=1S/C19H29N3O4/c1-5-18(23)20-14-6-8-15(9-7-14)26-12-19(24)21-16-10-22(13(2)3)11-17(16)25-4/h6-9,13,16-17H,5,10-12H2,1-4H3,(H,20,23)(H,21,24)/t16-,17-/m1/s1. The van der Waals surface area contributed by atoms with Crippen LogP contribution in [0.4, 0.5) is 5.69 Å². The van der Waals surface area contributed by atoms with Gasteiger partial charge in [0.2, 0.25) is 5.91 Å². The fraction of sp³-hybridized carbons (Fsp3) is 0.579. The first kappa shape index (κ1) is 20.2. The molecule has 0 radical (unpaired) electrons. The van der Waals surface area contributed by atoms with Crippen molar-refractivity contribution in [3.63, 3.8) is 0 Å². The van der Waals surface area contributed by atoms with E-state index in [1.165, 1.54) is 0 Å². The molecule has 0 aromatic heterocycles. The van der Waals surface area contributed by atoms with Gasteiger partial charge in [0.25, 0.3) is 5.91 Å². The normalized spacial score (nSPS) is 20.2. The molecule has 1 aromatic rings. The Morgan fingerprint density at radius 3 is 2.46 bits per heavy atom. The van der Waals surface area contributed by atoms with Crippen molar-refractivity contribution in [2.24, 2.45) is 0 Å². The topological polar surface area (TPSA) is 79.9 Å². The van der Waals surface area contributed by atoms with Gasteiger partial charge in [-0.25, -0.2) is 0 Å². The van der Waals surface area contributed by atoms with Crippen LogP contribution in [0.25, 0.3) is 0 Å². The van der Waals surface area contributed by atoms with E-state index < -0.39 is 0 Å². The number of carbonyl (C=O) groups excluding carboxylic acids is 2. The second kappa shape index (κ2) is 9.54. The van der Waals surface area contributed by atoms with Gasteiger partial charge in [0.05, 0.1) is 12.1 Å². The highest BCUT2D eigenvalue weighted by molar-refractivity contribution is 5.90. The molecule has 0 saturated carbocycles. The number of amides is 2. The predicted molar refractivity (Wildman–Crippen MR) is 100 cm³/mol. The van der Waals surface area contributed by atoms with Crippen LogP contribution in [0.15, 0.2) is 24.3 Å². The van der Waals surface area contributed by atoms with Crippen molar-refractivity contribution in [1.82, 2.24) is 10.2 Å².